The summed E-state index contributed by atoms with van der Waals surface area (Å²) in [5.41, 5.74) is 2.34. The summed E-state index contributed by atoms with van der Waals surface area (Å²) in [6.45, 7) is 5.09. The Balaban J connectivity index is 1.69. The first-order chi connectivity index (χ1) is 9.65. The number of hydrogen-bond donors (Lipinski definition) is 1. The van der Waals surface area contributed by atoms with Crippen molar-refractivity contribution in [3.05, 3.63) is 51.7 Å². The Bertz CT molecular complexity index is 564. The summed E-state index contributed by atoms with van der Waals surface area (Å²) in [5.74, 6) is 0.916. The molecule has 1 aromatic carbocycles. The van der Waals surface area contributed by atoms with E-state index in [4.69, 9.17) is 4.74 Å². The van der Waals surface area contributed by atoms with E-state index in [1.54, 1.807) is 11.3 Å². The number of hydrogen-bond acceptors (Lipinski definition) is 3. The first-order valence-corrected chi connectivity index (χ1v) is 7.52. The van der Waals surface area contributed by atoms with Crippen LogP contribution in [0.1, 0.15) is 16.0 Å². The number of nitrogens with one attached hydrogen (secondary N) is 1. The van der Waals surface area contributed by atoms with Gasteiger partial charge in [-0.1, -0.05) is 23.8 Å². The highest BCUT2D eigenvalue weighted by atomic mass is 32.1. The second-order valence-electron chi connectivity index (χ2n) is 4.72. The predicted molar refractivity (Wildman–Crippen MR) is 82.4 cm³/mol. The van der Waals surface area contributed by atoms with Crippen LogP contribution < -0.4 is 10.1 Å². The summed E-state index contributed by atoms with van der Waals surface area (Å²) in [6.07, 6.45) is 0.446. The molecule has 20 heavy (non-hydrogen) atoms. The van der Waals surface area contributed by atoms with Crippen LogP contribution in [-0.2, 0) is 11.2 Å². The van der Waals surface area contributed by atoms with E-state index in [0.29, 0.717) is 19.6 Å². The Morgan fingerprint density at radius 3 is 2.85 bits per heavy atom. The molecule has 0 saturated carbocycles. The molecule has 2 rings (SSSR count). The lowest BCUT2D eigenvalue weighted by atomic mass is 10.1. The third-order valence-electron chi connectivity index (χ3n) is 2.93. The second kappa shape index (κ2) is 7.10. The van der Waals surface area contributed by atoms with Crippen LogP contribution in [0.5, 0.6) is 5.75 Å². The van der Waals surface area contributed by atoms with Crippen LogP contribution in [0.4, 0.5) is 0 Å². The molecule has 4 heteroatoms. The lowest BCUT2D eigenvalue weighted by Crippen LogP contribution is -2.29. The van der Waals surface area contributed by atoms with Crippen LogP contribution in [0.2, 0.25) is 0 Å². The van der Waals surface area contributed by atoms with Gasteiger partial charge >= 0.3 is 0 Å². The van der Waals surface area contributed by atoms with Gasteiger partial charge in [-0.05, 0) is 36.9 Å². The zero-order valence-corrected chi connectivity index (χ0v) is 12.6. The number of ether oxygens (including phenoxy) is 1. The molecule has 0 spiro atoms. The molecular weight excluding hydrogens is 270 g/mol. The first-order valence-electron chi connectivity index (χ1n) is 6.64. The van der Waals surface area contributed by atoms with Crippen LogP contribution in [0, 0.1) is 13.8 Å². The summed E-state index contributed by atoms with van der Waals surface area (Å²) < 4.78 is 5.67. The molecule has 106 valence electrons. The highest BCUT2D eigenvalue weighted by Gasteiger charge is 2.04. The molecule has 0 fully saturated rings. The monoisotopic (exact) mass is 289 g/mol. The molecule has 0 radical (unpaired) electrons. The Labute approximate surface area is 123 Å². The molecule has 1 heterocycles. The lowest BCUT2D eigenvalue weighted by Gasteiger charge is -2.10. The fourth-order valence-corrected chi connectivity index (χ4v) is 2.65. The predicted octanol–water partition coefficient (Wildman–Crippen LogP) is 3.10. The number of rotatable bonds is 6. The van der Waals surface area contributed by atoms with E-state index in [1.807, 2.05) is 36.6 Å². The third kappa shape index (κ3) is 4.38. The van der Waals surface area contributed by atoms with E-state index >= 15 is 0 Å². The molecular formula is C16H19NO2S. The summed E-state index contributed by atoms with van der Waals surface area (Å²) in [6, 6.07) is 10.0. The van der Waals surface area contributed by atoms with E-state index in [0.717, 1.165) is 16.2 Å². The number of carbonyl (C=O) groups is 1. The zero-order chi connectivity index (χ0) is 14.4. The second-order valence-corrected chi connectivity index (χ2v) is 5.76. The van der Waals surface area contributed by atoms with Gasteiger partial charge in [-0.2, -0.15) is 0 Å². The molecule has 0 unspecified atom stereocenters. The SMILES string of the molecule is Cc1ccc(OCCNC(=O)Cc2cccs2)c(C)c1. The summed E-state index contributed by atoms with van der Waals surface area (Å²) >= 11 is 1.60. The maximum atomic E-state index is 11.7. The van der Waals surface area contributed by atoms with Crippen LogP contribution in [0.25, 0.3) is 0 Å². The van der Waals surface area contributed by atoms with E-state index < -0.39 is 0 Å². The average molecular weight is 289 g/mol. The maximum Gasteiger partial charge on any atom is 0.225 e. The molecule has 0 aliphatic carbocycles. The van der Waals surface area contributed by atoms with Gasteiger partial charge in [-0.3, -0.25) is 4.79 Å². The van der Waals surface area contributed by atoms with Crippen molar-refractivity contribution in [3.8, 4) is 5.75 Å². The van der Waals surface area contributed by atoms with Gasteiger partial charge in [-0.25, -0.2) is 0 Å². The quantitative estimate of drug-likeness (QED) is 0.830. The fraction of sp³-hybridized carbons (Fsp3) is 0.312. The Hall–Kier alpha value is -1.81. The molecule has 2 aromatic rings. The molecule has 1 amide bonds. The van der Waals surface area contributed by atoms with Crippen molar-refractivity contribution in [3.63, 3.8) is 0 Å². The summed E-state index contributed by atoms with van der Waals surface area (Å²) in [7, 11) is 0. The van der Waals surface area contributed by atoms with E-state index in [9.17, 15) is 4.79 Å². The molecule has 0 aliphatic heterocycles. The topological polar surface area (TPSA) is 38.3 Å². The van der Waals surface area contributed by atoms with Gasteiger partial charge < -0.3 is 10.1 Å². The van der Waals surface area contributed by atoms with Gasteiger partial charge in [0.05, 0.1) is 13.0 Å². The standard InChI is InChI=1S/C16H19NO2S/c1-12-5-6-15(13(2)10-12)19-8-7-17-16(18)11-14-4-3-9-20-14/h3-6,9-10H,7-8,11H2,1-2H3,(H,17,18). The molecule has 3 nitrogen and oxygen atoms in total. The van der Waals surface area contributed by atoms with Crippen molar-refractivity contribution in [2.24, 2.45) is 0 Å². The minimum atomic E-state index is 0.0386. The molecule has 0 atom stereocenters. The normalized spacial score (nSPS) is 10.3. The minimum Gasteiger partial charge on any atom is -0.491 e. The number of amides is 1. The molecule has 0 aliphatic rings. The number of thiophene rings is 1. The van der Waals surface area contributed by atoms with Gasteiger partial charge in [0.2, 0.25) is 5.91 Å². The van der Waals surface area contributed by atoms with Gasteiger partial charge in [-0.15, -0.1) is 11.3 Å². The lowest BCUT2D eigenvalue weighted by molar-refractivity contribution is -0.120. The zero-order valence-electron chi connectivity index (χ0n) is 11.8. The van der Waals surface area contributed by atoms with E-state index in [2.05, 4.69) is 18.3 Å². The van der Waals surface area contributed by atoms with Crippen LogP contribution in [0.3, 0.4) is 0 Å². The van der Waals surface area contributed by atoms with Crippen molar-refractivity contribution in [1.29, 1.82) is 0 Å². The largest absolute Gasteiger partial charge is 0.491 e. The highest BCUT2D eigenvalue weighted by Crippen LogP contribution is 2.18. The van der Waals surface area contributed by atoms with Gasteiger partial charge in [0.15, 0.2) is 0 Å². The van der Waals surface area contributed by atoms with E-state index in [-0.39, 0.29) is 5.91 Å². The Kier molecular flexibility index (Phi) is 5.18. The summed E-state index contributed by atoms with van der Waals surface area (Å²) in [5, 5.41) is 4.84. The maximum absolute atomic E-state index is 11.7. The first kappa shape index (κ1) is 14.6. The Morgan fingerprint density at radius 2 is 2.15 bits per heavy atom. The number of benzene rings is 1. The number of aryl methyl sites for hydroxylation is 2. The van der Waals surface area contributed by atoms with Crippen molar-refractivity contribution in [1.82, 2.24) is 5.32 Å². The molecule has 1 aromatic heterocycles. The smallest absolute Gasteiger partial charge is 0.225 e. The minimum absolute atomic E-state index is 0.0386. The highest BCUT2D eigenvalue weighted by molar-refractivity contribution is 7.10. The van der Waals surface area contributed by atoms with Crippen LogP contribution in [0.15, 0.2) is 35.7 Å². The van der Waals surface area contributed by atoms with Gasteiger partial charge in [0, 0.05) is 4.88 Å². The summed E-state index contributed by atoms with van der Waals surface area (Å²) in [4.78, 5) is 12.8. The molecule has 1 N–H and O–H groups in total. The van der Waals surface area contributed by atoms with Gasteiger partial charge in [0.1, 0.15) is 12.4 Å². The molecule has 0 saturated heterocycles. The van der Waals surface area contributed by atoms with Crippen molar-refractivity contribution in [2.45, 2.75) is 20.3 Å². The van der Waals surface area contributed by atoms with Crippen molar-refractivity contribution in [2.75, 3.05) is 13.2 Å². The number of carbonyl (C=O) groups excluding carboxylic acids is 1. The molecule has 0 bridgehead atoms. The van der Waals surface area contributed by atoms with Gasteiger partial charge in [0.25, 0.3) is 0 Å². The third-order valence-corrected chi connectivity index (χ3v) is 3.80. The van der Waals surface area contributed by atoms with Crippen molar-refractivity contribution >= 4 is 17.2 Å². The van der Waals surface area contributed by atoms with Crippen LogP contribution in [-0.4, -0.2) is 19.1 Å². The van der Waals surface area contributed by atoms with Crippen molar-refractivity contribution < 1.29 is 9.53 Å². The Morgan fingerprint density at radius 1 is 1.30 bits per heavy atom. The van der Waals surface area contributed by atoms with Crippen LogP contribution >= 0.6 is 11.3 Å². The average Bonchev–Trinajstić information content (AvgIpc) is 2.89. The fourth-order valence-electron chi connectivity index (χ4n) is 1.95. The van der Waals surface area contributed by atoms with E-state index in [1.165, 1.54) is 5.56 Å².